The van der Waals surface area contributed by atoms with Crippen molar-refractivity contribution in [2.75, 3.05) is 0 Å². The molecule has 3 nitrogen and oxygen atoms in total. The quantitative estimate of drug-likeness (QED) is 0.903. The number of hydrogen-bond acceptors (Lipinski definition) is 3. The number of ether oxygens (including phenoxy) is 1. The largest absolute Gasteiger partial charge is 0.434 e. The van der Waals surface area contributed by atoms with Crippen LogP contribution >= 0.6 is 0 Å². The summed E-state index contributed by atoms with van der Waals surface area (Å²) in [4.78, 5) is 4.09. The number of benzene rings is 1. The first-order valence-corrected chi connectivity index (χ1v) is 5.78. The average molecular weight is 265 g/mol. The molecule has 0 aliphatic rings. The summed E-state index contributed by atoms with van der Waals surface area (Å²) in [5.74, 6) is -0.0130. The van der Waals surface area contributed by atoms with E-state index in [0.717, 1.165) is 0 Å². The Morgan fingerprint density at radius 3 is 2.53 bits per heavy atom. The number of hydrogen-bond donors (Lipinski definition) is 1. The second-order valence-electron chi connectivity index (χ2n) is 3.96. The van der Waals surface area contributed by atoms with Crippen molar-refractivity contribution in [2.45, 2.75) is 19.1 Å². The molecule has 1 aromatic carbocycles. The molecule has 0 saturated heterocycles. The van der Waals surface area contributed by atoms with Gasteiger partial charge in [0, 0.05) is 23.9 Å². The highest BCUT2D eigenvalue weighted by Gasteiger charge is 2.16. The Morgan fingerprint density at radius 2 is 1.84 bits per heavy atom. The summed E-state index contributed by atoms with van der Waals surface area (Å²) in [6.07, 6.45) is 0.915. The van der Waals surface area contributed by atoms with E-state index in [1.807, 2.05) is 0 Å². The van der Waals surface area contributed by atoms with Gasteiger partial charge in [0.2, 0.25) is 0 Å². The van der Waals surface area contributed by atoms with E-state index >= 15 is 0 Å². The lowest BCUT2D eigenvalue weighted by molar-refractivity contribution is -0.0515. The van der Waals surface area contributed by atoms with Crippen molar-refractivity contribution < 1.29 is 18.6 Å². The molecule has 0 saturated carbocycles. The van der Waals surface area contributed by atoms with Crippen LogP contribution in [0.2, 0.25) is 0 Å². The zero-order chi connectivity index (χ0) is 13.7. The highest BCUT2D eigenvalue weighted by molar-refractivity contribution is 5.35. The van der Waals surface area contributed by atoms with Crippen molar-refractivity contribution >= 4 is 0 Å². The van der Waals surface area contributed by atoms with Crippen molar-refractivity contribution in [3.05, 3.63) is 59.9 Å². The number of para-hydroxylation sites is 1. The maximum atomic E-state index is 12.3. The second-order valence-corrected chi connectivity index (χ2v) is 3.96. The molecule has 0 aliphatic carbocycles. The minimum absolute atomic E-state index is 0.0130. The number of halogens is 2. The molecule has 2 aromatic rings. The predicted molar refractivity (Wildman–Crippen MR) is 66.0 cm³/mol. The van der Waals surface area contributed by atoms with Gasteiger partial charge in [-0.3, -0.25) is 4.98 Å². The van der Waals surface area contributed by atoms with Gasteiger partial charge in [-0.25, -0.2) is 0 Å². The molecule has 1 aromatic heterocycles. The summed E-state index contributed by atoms with van der Waals surface area (Å²) >= 11 is 0. The first-order valence-electron chi connectivity index (χ1n) is 5.78. The van der Waals surface area contributed by atoms with E-state index in [9.17, 15) is 13.9 Å². The third-order valence-corrected chi connectivity index (χ3v) is 2.62. The fourth-order valence-electron chi connectivity index (χ4n) is 1.79. The molecule has 1 unspecified atom stereocenters. The molecule has 5 heteroatoms. The highest BCUT2D eigenvalue weighted by Crippen LogP contribution is 2.28. The molecule has 0 fully saturated rings. The van der Waals surface area contributed by atoms with Crippen LogP contribution in [0.4, 0.5) is 8.78 Å². The van der Waals surface area contributed by atoms with Gasteiger partial charge in [0.15, 0.2) is 0 Å². The molecule has 2 rings (SSSR count). The molecular formula is C14H13F2NO2. The lowest BCUT2D eigenvalue weighted by atomic mass is 10.0. The summed E-state index contributed by atoms with van der Waals surface area (Å²) in [7, 11) is 0. The monoisotopic (exact) mass is 265 g/mol. The van der Waals surface area contributed by atoms with Crippen LogP contribution in [-0.4, -0.2) is 16.7 Å². The zero-order valence-electron chi connectivity index (χ0n) is 10.0. The number of aliphatic hydroxyl groups excluding tert-OH is 1. The van der Waals surface area contributed by atoms with Gasteiger partial charge >= 0.3 is 6.61 Å². The van der Waals surface area contributed by atoms with Gasteiger partial charge in [0.1, 0.15) is 5.75 Å². The van der Waals surface area contributed by atoms with E-state index in [2.05, 4.69) is 9.72 Å². The molecule has 0 spiro atoms. The number of aliphatic hydroxyl groups is 1. The Kier molecular flexibility index (Phi) is 4.41. The molecule has 0 aliphatic heterocycles. The summed E-state index contributed by atoms with van der Waals surface area (Å²) in [5, 5.41) is 10.1. The van der Waals surface area contributed by atoms with Crippen molar-refractivity contribution in [3.63, 3.8) is 0 Å². The summed E-state index contributed by atoms with van der Waals surface area (Å²) in [6.45, 7) is -2.91. The smallest absolute Gasteiger partial charge is 0.387 e. The van der Waals surface area contributed by atoms with Gasteiger partial charge in [-0.1, -0.05) is 24.3 Å². The van der Waals surface area contributed by atoms with Crippen molar-refractivity contribution in [1.82, 2.24) is 4.98 Å². The molecule has 0 amide bonds. The zero-order valence-corrected chi connectivity index (χ0v) is 10.0. The van der Waals surface area contributed by atoms with Crippen molar-refractivity contribution in [1.29, 1.82) is 0 Å². The van der Waals surface area contributed by atoms with Crippen LogP contribution in [0.1, 0.15) is 17.4 Å². The van der Waals surface area contributed by atoms with Gasteiger partial charge in [-0.2, -0.15) is 8.78 Å². The Balaban J connectivity index is 2.16. The average Bonchev–Trinajstić information content (AvgIpc) is 2.39. The molecule has 0 radical (unpaired) electrons. The number of alkyl halides is 2. The Morgan fingerprint density at radius 1 is 1.11 bits per heavy atom. The SMILES string of the molecule is OC(Cc1ccccn1)c1ccccc1OC(F)F. The van der Waals surface area contributed by atoms with Gasteiger partial charge < -0.3 is 9.84 Å². The third kappa shape index (κ3) is 3.72. The highest BCUT2D eigenvalue weighted by atomic mass is 19.3. The lowest BCUT2D eigenvalue weighted by Crippen LogP contribution is -2.09. The Labute approximate surface area is 109 Å². The molecule has 19 heavy (non-hydrogen) atoms. The number of aromatic nitrogens is 1. The van der Waals surface area contributed by atoms with Crippen LogP contribution in [0.25, 0.3) is 0 Å². The van der Waals surface area contributed by atoms with Crippen LogP contribution in [0.5, 0.6) is 5.75 Å². The fraction of sp³-hybridized carbons (Fsp3) is 0.214. The number of pyridine rings is 1. The summed E-state index contributed by atoms with van der Waals surface area (Å²) < 4.78 is 28.9. The van der Waals surface area contributed by atoms with Crippen LogP contribution in [-0.2, 0) is 6.42 Å². The van der Waals surface area contributed by atoms with Crippen LogP contribution in [0.15, 0.2) is 48.7 Å². The molecule has 1 atom stereocenters. The van der Waals surface area contributed by atoms with E-state index in [4.69, 9.17) is 0 Å². The van der Waals surface area contributed by atoms with Crippen molar-refractivity contribution in [2.24, 2.45) is 0 Å². The van der Waals surface area contributed by atoms with Crippen molar-refractivity contribution in [3.8, 4) is 5.75 Å². The maximum Gasteiger partial charge on any atom is 0.387 e. The Hall–Kier alpha value is -2.01. The predicted octanol–water partition coefficient (Wildman–Crippen LogP) is 2.96. The molecular weight excluding hydrogens is 252 g/mol. The summed E-state index contributed by atoms with van der Waals surface area (Å²) in [6, 6.07) is 11.5. The van der Waals surface area contributed by atoms with E-state index in [1.54, 1.807) is 42.6 Å². The maximum absolute atomic E-state index is 12.3. The first-order chi connectivity index (χ1) is 9.16. The second kappa shape index (κ2) is 6.24. The molecule has 1 N–H and O–H groups in total. The van der Waals surface area contributed by atoms with E-state index in [0.29, 0.717) is 11.3 Å². The van der Waals surface area contributed by atoms with Crippen LogP contribution < -0.4 is 4.74 Å². The first kappa shape index (κ1) is 13.4. The van der Waals surface area contributed by atoms with E-state index in [1.165, 1.54) is 6.07 Å². The van der Waals surface area contributed by atoms with E-state index in [-0.39, 0.29) is 12.2 Å². The normalized spacial score (nSPS) is 12.4. The van der Waals surface area contributed by atoms with Gasteiger partial charge in [0.05, 0.1) is 6.10 Å². The topological polar surface area (TPSA) is 42.4 Å². The fourth-order valence-corrected chi connectivity index (χ4v) is 1.79. The van der Waals surface area contributed by atoms with Gasteiger partial charge in [0.25, 0.3) is 0 Å². The third-order valence-electron chi connectivity index (χ3n) is 2.62. The minimum Gasteiger partial charge on any atom is -0.434 e. The number of rotatable bonds is 5. The Bertz CT molecular complexity index is 520. The molecule has 0 bridgehead atoms. The lowest BCUT2D eigenvalue weighted by Gasteiger charge is -2.15. The number of nitrogens with zero attached hydrogens (tertiary/aromatic N) is 1. The van der Waals surface area contributed by atoms with Gasteiger partial charge in [-0.05, 0) is 18.2 Å². The van der Waals surface area contributed by atoms with E-state index < -0.39 is 12.7 Å². The standard InChI is InChI=1S/C14H13F2NO2/c15-14(16)19-13-7-2-1-6-11(13)12(18)9-10-5-3-4-8-17-10/h1-8,12,14,18H,9H2. The van der Waals surface area contributed by atoms with Crippen LogP contribution in [0.3, 0.4) is 0 Å². The minimum atomic E-state index is -2.91. The molecule has 1 heterocycles. The summed E-state index contributed by atoms with van der Waals surface area (Å²) in [5.41, 5.74) is 1.01. The van der Waals surface area contributed by atoms with Crippen LogP contribution in [0, 0.1) is 0 Å². The van der Waals surface area contributed by atoms with Gasteiger partial charge in [-0.15, -0.1) is 0 Å². The molecule has 100 valence electrons.